The smallest absolute Gasteiger partial charge is 0.201 e. The van der Waals surface area contributed by atoms with Crippen molar-refractivity contribution in [2.75, 3.05) is 12.3 Å². The van der Waals surface area contributed by atoms with Crippen LogP contribution in [0.1, 0.15) is 19.3 Å². The highest BCUT2D eigenvalue weighted by atomic mass is 127. The molecular weight excluding hydrogens is 341 g/mol. The summed E-state index contributed by atoms with van der Waals surface area (Å²) in [7, 11) is 0. The molecule has 0 aliphatic carbocycles. The molecule has 2 aromatic rings. The fourth-order valence-corrected chi connectivity index (χ4v) is 2.94. The number of imidazole rings is 1. The van der Waals surface area contributed by atoms with E-state index in [4.69, 9.17) is 10.5 Å². The standard InChI is InChI=1S/C13H16IN3O/c14-9-4-5-12-11(7-9)16-13(15)17(12)8-10-3-1-2-6-18-10/h4-5,7,10H,1-3,6,8H2,(H2,15,16). The van der Waals surface area contributed by atoms with Crippen molar-refractivity contribution in [1.29, 1.82) is 0 Å². The lowest BCUT2D eigenvalue weighted by atomic mass is 10.1. The molecule has 1 aromatic carbocycles. The van der Waals surface area contributed by atoms with Gasteiger partial charge in [0.1, 0.15) is 0 Å². The zero-order valence-corrected chi connectivity index (χ0v) is 12.3. The first-order valence-corrected chi connectivity index (χ1v) is 7.35. The minimum atomic E-state index is 0.276. The van der Waals surface area contributed by atoms with Crippen LogP contribution in [0.5, 0.6) is 0 Å². The Bertz CT molecular complexity index is 561. The van der Waals surface area contributed by atoms with E-state index in [0.717, 1.165) is 30.6 Å². The molecule has 0 spiro atoms. The predicted molar refractivity (Wildman–Crippen MR) is 80.5 cm³/mol. The molecule has 1 saturated heterocycles. The number of anilines is 1. The van der Waals surface area contributed by atoms with Crippen molar-refractivity contribution in [3.05, 3.63) is 21.8 Å². The molecule has 3 rings (SSSR count). The van der Waals surface area contributed by atoms with Crippen LogP contribution in [0.4, 0.5) is 5.95 Å². The number of nitrogen functional groups attached to an aromatic ring is 1. The van der Waals surface area contributed by atoms with Gasteiger partial charge >= 0.3 is 0 Å². The maximum Gasteiger partial charge on any atom is 0.201 e. The van der Waals surface area contributed by atoms with E-state index in [1.165, 1.54) is 16.4 Å². The zero-order chi connectivity index (χ0) is 12.5. The molecule has 18 heavy (non-hydrogen) atoms. The molecule has 1 fully saturated rings. The molecule has 4 nitrogen and oxygen atoms in total. The fourth-order valence-electron chi connectivity index (χ4n) is 2.47. The lowest BCUT2D eigenvalue weighted by Gasteiger charge is -2.23. The van der Waals surface area contributed by atoms with Gasteiger partial charge in [-0.3, -0.25) is 0 Å². The second-order valence-corrected chi connectivity index (χ2v) is 5.95. The lowest BCUT2D eigenvalue weighted by Crippen LogP contribution is -2.25. The molecule has 0 saturated carbocycles. The second kappa shape index (κ2) is 5.05. The summed E-state index contributed by atoms with van der Waals surface area (Å²) >= 11 is 2.29. The summed E-state index contributed by atoms with van der Waals surface area (Å²) in [5.41, 5.74) is 8.08. The van der Waals surface area contributed by atoms with E-state index >= 15 is 0 Å². The third kappa shape index (κ3) is 2.33. The number of hydrogen-bond acceptors (Lipinski definition) is 3. The van der Waals surface area contributed by atoms with Gasteiger partial charge in [-0.2, -0.15) is 0 Å². The Morgan fingerprint density at radius 2 is 2.33 bits per heavy atom. The lowest BCUT2D eigenvalue weighted by molar-refractivity contribution is 0.00694. The highest BCUT2D eigenvalue weighted by Gasteiger charge is 2.17. The summed E-state index contributed by atoms with van der Waals surface area (Å²) in [5, 5.41) is 0. The van der Waals surface area contributed by atoms with Gasteiger partial charge in [0.15, 0.2) is 0 Å². The normalized spacial score (nSPS) is 20.4. The van der Waals surface area contributed by atoms with Crippen LogP contribution in [0, 0.1) is 3.57 Å². The largest absolute Gasteiger partial charge is 0.376 e. The van der Waals surface area contributed by atoms with Gasteiger partial charge in [-0.25, -0.2) is 4.98 Å². The van der Waals surface area contributed by atoms with Gasteiger partial charge in [-0.15, -0.1) is 0 Å². The number of nitrogens with two attached hydrogens (primary N) is 1. The van der Waals surface area contributed by atoms with E-state index < -0.39 is 0 Å². The SMILES string of the molecule is Nc1nc2cc(I)ccc2n1CC1CCCCO1. The number of aromatic nitrogens is 2. The third-order valence-electron chi connectivity index (χ3n) is 3.40. The first kappa shape index (κ1) is 12.2. The van der Waals surface area contributed by atoms with E-state index in [9.17, 15) is 0 Å². The Morgan fingerprint density at radius 3 is 3.11 bits per heavy atom. The first-order valence-electron chi connectivity index (χ1n) is 6.27. The maximum atomic E-state index is 6.01. The van der Waals surface area contributed by atoms with Crippen LogP contribution in [0.15, 0.2) is 18.2 Å². The summed E-state index contributed by atoms with van der Waals surface area (Å²) in [5.74, 6) is 0.584. The van der Waals surface area contributed by atoms with Crippen LogP contribution in [0.3, 0.4) is 0 Å². The van der Waals surface area contributed by atoms with Crippen LogP contribution < -0.4 is 5.73 Å². The molecule has 0 radical (unpaired) electrons. The number of ether oxygens (including phenoxy) is 1. The van der Waals surface area contributed by atoms with Crippen molar-refractivity contribution in [3.8, 4) is 0 Å². The second-order valence-electron chi connectivity index (χ2n) is 4.70. The number of nitrogens with zero attached hydrogens (tertiary/aromatic N) is 2. The van der Waals surface area contributed by atoms with Crippen molar-refractivity contribution in [3.63, 3.8) is 0 Å². The number of benzene rings is 1. The summed E-state index contributed by atoms with van der Waals surface area (Å²) in [6.45, 7) is 1.68. The molecule has 1 aliphatic heterocycles. The molecule has 2 N–H and O–H groups in total. The molecule has 2 heterocycles. The Hall–Kier alpha value is -0.820. The average molecular weight is 357 g/mol. The minimum Gasteiger partial charge on any atom is -0.376 e. The molecule has 1 aromatic heterocycles. The Morgan fingerprint density at radius 1 is 1.44 bits per heavy atom. The van der Waals surface area contributed by atoms with Gasteiger partial charge in [0, 0.05) is 10.2 Å². The van der Waals surface area contributed by atoms with Crippen LogP contribution in [0.2, 0.25) is 0 Å². The number of rotatable bonds is 2. The van der Waals surface area contributed by atoms with Gasteiger partial charge in [0.25, 0.3) is 0 Å². The van der Waals surface area contributed by atoms with Crippen molar-refractivity contribution < 1.29 is 4.74 Å². The Labute approximate surface area is 120 Å². The van der Waals surface area contributed by atoms with Crippen LogP contribution in [-0.2, 0) is 11.3 Å². The van der Waals surface area contributed by atoms with Gasteiger partial charge < -0.3 is 15.0 Å². The van der Waals surface area contributed by atoms with Crippen molar-refractivity contribution in [2.24, 2.45) is 0 Å². The molecular formula is C13H16IN3O. The van der Waals surface area contributed by atoms with Gasteiger partial charge in [-0.1, -0.05) is 0 Å². The van der Waals surface area contributed by atoms with Crippen molar-refractivity contribution >= 4 is 39.6 Å². The van der Waals surface area contributed by atoms with E-state index in [-0.39, 0.29) is 6.10 Å². The molecule has 0 bridgehead atoms. The molecule has 5 heteroatoms. The number of halogens is 1. The predicted octanol–water partition coefficient (Wildman–Crippen LogP) is 2.79. The molecule has 1 aliphatic rings. The summed E-state index contributed by atoms with van der Waals surface area (Å²) in [4.78, 5) is 4.42. The van der Waals surface area contributed by atoms with E-state index in [1.807, 2.05) is 0 Å². The van der Waals surface area contributed by atoms with Crippen molar-refractivity contribution in [2.45, 2.75) is 31.9 Å². The van der Waals surface area contributed by atoms with Crippen LogP contribution in [0.25, 0.3) is 11.0 Å². The zero-order valence-electron chi connectivity index (χ0n) is 10.1. The van der Waals surface area contributed by atoms with Crippen LogP contribution in [-0.4, -0.2) is 22.3 Å². The summed E-state index contributed by atoms with van der Waals surface area (Å²) in [6, 6.07) is 6.23. The van der Waals surface area contributed by atoms with Crippen LogP contribution >= 0.6 is 22.6 Å². The average Bonchev–Trinajstić information content (AvgIpc) is 2.66. The first-order chi connectivity index (χ1) is 8.74. The van der Waals surface area contributed by atoms with E-state index in [0.29, 0.717) is 5.95 Å². The quantitative estimate of drug-likeness (QED) is 0.841. The number of fused-ring (bicyclic) bond motifs is 1. The van der Waals surface area contributed by atoms with Gasteiger partial charge in [0.05, 0.1) is 23.7 Å². The van der Waals surface area contributed by atoms with E-state index in [2.05, 4.69) is 50.3 Å². The van der Waals surface area contributed by atoms with Gasteiger partial charge in [0.2, 0.25) is 5.95 Å². The van der Waals surface area contributed by atoms with E-state index in [1.54, 1.807) is 0 Å². The maximum absolute atomic E-state index is 6.01. The fraction of sp³-hybridized carbons (Fsp3) is 0.462. The topological polar surface area (TPSA) is 53.1 Å². The molecule has 1 unspecified atom stereocenters. The summed E-state index contributed by atoms with van der Waals surface area (Å²) < 4.78 is 9.02. The summed E-state index contributed by atoms with van der Waals surface area (Å²) in [6.07, 6.45) is 3.81. The van der Waals surface area contributed by atoms with Crippen molar-refractivity contribution in [1.82, 2.24) is 9.55 Å². The number of hydrogen-bond donors (Lipinski definition) is 1. The molecule has 1 atom stereocenters. The molecule has 96 valence electrons. The Kier molecular flexibility index (Phi) is 3.43. The van der Waals surface area contributed by atoms with Gasteiger partial charge in [-0.05, 0) is 60.1 Å². The highest BCUT2D eigenvalue weighted by Crippen LogP contribution is 2.23. The third-order valence-corrected chi connectivity index (χ3v) is 4.07. The molecule has 0 amide bonds. The minimum absolute atomic E-state index is 0.276. The monoisotopic (exact) mass is 357 g/mol. The highest BCUT2D eigenvalue weighted by molar-refractivity contribution is 14.1. The Balaban J connectivity index is 1.92.